The van der Waals surface area contributed by atoms with Crippen molar-refractivity contribution in [3.05, 3.63) is 57.8 Å². The van der Waals surface area contributed by atoms with Crippen LogP contribution < -0.4 is 5.56 Å². The molecular weight excluding hydrogens is 438 g/mol. The first-order valence-corrected chi connectivity index (χ1v) is 12.4. The molecule has 0 aliphatic carbocycles. The van der Waals surface area contributed by atoms with Crippen molar-refractivity contribution in [2.45, 2.75) is 49.8 Å². The van der Waals surface area contributed by atoms with Crippen LogP contribution in [0.3, 0.4) is 0 Å². The minimum absolute atomic E-state index is 0.141. The minimum atomic E-state index is -0.289. The van der Waals surface area contributed by atoms with Gasteiger partial charge in [0.2, 0.25) is 0 Å². The molecule has 2 aromatic heterocycles. The number of fused-ring (bicyclic) bond motifs is 1. The maximum absolute atomic E-state index is 13.4. The van der Waals surface area contributed by atoms with E-state index in [0.29, 0.717) is 23.9 Å². The van der Waals surface area contributed by atoms with E-state index in [2.05, 4.69) is 15.2 Å². The Kier molecular flexibility index (Phi) is 6.41. The standard InChI is InChI=1S/C24H27N5O3S/c1-15-12-25-24(33-14-17-7-5-11-32-17)26-20(15)16-6-4-10-29(13-16)23(31)21-18-8-2-3-9-19(18)22(30)28-27-21/h2-3,8-9,12,16-17H,4-7,10-11,13-14H2,1H3,(H,28,30)/t16-,17+/m0/s1. The first kappa shape index (κ1) is 22.0. The van der Waals surface area contributed by atoms with Gasteiger partial charge >= 0.3 is 0 Å². The van der Waals surface area contributed by atoms with E-state index in [-0.39, 0.29) is 29.2 Å². The number of ether oxygens (including phenoxy) is 1. The Hall–Kier alpha value is -2.78. The van der Waals surface area contributed by atoms with Crippen molar-refractivity contribution in [1.82, 2.24) is 25.1 Å². The number of carbonyl (C=O) groups is 1. The molecule has 2 aliphatic rings. The predicted molar refractivity (Wildman–Crippen MR) is 127 cm³/mol. The van der Waals surface area contributed by atoms with Gasteiger partial charge in [0.1, 0.15) is 0 Å². The molecular formula is C24H27N5O3S. The SMILES string of the molecule is Cc1cnc(SC[C@H]2CCCO2)nc1[C@H]1CCCN(C(=O)c2n[nH]c(=O)c3ccccc23)C1. The predicted octanol–water partition coefficient (Wildman–Crippen LogP) is 3.31. The van der Waals surface area contributed by atoms with E-state index in [1.807, 2.05) is 24.1 Å². The largest absolute Gasteiger partial charge is 0.377 e. The van der Waals surface area contributed by atoms with Crippen molar-refractivity contribution in [2.75, 3.05) is 25.4 Å². The van der Waals surface area contributed by atoms with Gasteiger partial charge in [0.15, 0.2) is 10.9 Å². The maximum atomic E-state index is 13.4. The number of amides is 1. The van der Waals surface area contributed by atoms with Gasteiger partial charge in [-0.15, -0.1) is 0 Å². The number of benzene rings is 1. The molecule has 1 aromatic carbocycles. The molecule has 2 atom stereocenters. The van der Waals surface area contributed by atoms with Crippen LogP contribution in [0.15, 0.2) is 40.4 Å². The number of nitrogens with zero attached hydrogens (tertiary/aromatic N) is 4. The van der Waals surface area contributed by atoms with Crippen LogP contribution in [0.5, 0.6) is 0 Å². The Labute approximate surface area is 196 Å². The number of nitrogens with one attached hydrogen (secondary N) is 1. The smallest absolute Gasteiger partial charge is 0.274 e. The van der Waals surface area contributed by atoms with E-state index in [1.165, 1.54) is 0 Å². The monoisotopic (exact) mass is 465 g/mol. The molecule has 1 N–H and O–H groups in total. The molecule has 8 nitrogen and oxygen atoms in total. The fourth-order valence-electron chi connectivity index (χ4n) is 4.68. The molecule has 5 rings (SSSR count). The maximum Gasteiger partial charge on any atom is 0.274 e. The van der Waals surface area contributed by atoms with Crippen molar-refractivity contribution in [3.63, 3.8) is 0 Å². The number of aromatic nitrogens is 4. The number of thioether (sulfide) groups is 1. The molecule has 172 valence electrons. The van der Waals surface area contributed by atoms with E-state index in [0.717, 1.165) is 54.5 Å². The molecule has 3 aromatic rings. The molecule has 4 heterocycles. The third-order valence-electron chi connectivity index (χ3n) is 6.41. The van der Waals surface area contributed by atoms with Crippen molar-refractivity contribution >= 4 is 28.4 Å². The Morgan fingerprint density at radius 3 is 2.91 bits per heavy atom. The quantitative estimate of drug-likeness (QED) is 0.456. The summed E-state index contributed by atoms with van der Waals surface area (Å²) in [5, 5.41) is 8.40. The molecule has 0 unspecified atom stereocenters. The van der Waals surface area contributed by atoms with Crippen LogP contribution in [-0.2, 0) is 4.74 Å². The van der Waals surface area contributed by atoms with Gasteiger partial charge in [0.05, 0.1) is 17.2 Å². The molecule has 0 spiro atoms. The minimum Gasteiger partial charge on any atom is -0.377 e. The van der Waals surface area contributed by atoms with Gasteiger partial charge < -0.3 is 9.64 Å². The number of hydrogen-bond donors (Lipinski definition) is 1. The number of hydrogen-bond acceptors (Lipinski definition) is 7. The fraction of sp³-hybridized carbons (Fsp3) is 0.458. The first-order valence-electron chi connectivity index (χ1n) is 11.4. The first-order chi connectivity index (χ1) is 16.1. The molecule has 0 saturated carbocycles. The lowest BCUT2D eigenvalue weighted by atomic mass is 9.92. The van der Waals surface area contributed by atoms with Gasteiger partial charge in [-0.2, -0.15) is 5.10 Å². The number of aromatic amines is 1. The number of rotatable bonds is 5. The molecule has 2 fully saturated rings. The van der Waals surface area contributed by atoms with Crippen LogP contribution in [-0.4, -0.2) is 62.5 Å². The highest BCUT2D eigenvalue weighted by atomic mass is 32.2. The zero-order valence-corrected chi connectivity index (χ0v) is 19.4. The van der Waals surface area contributed by atoms with Gasteiger partial charge in [0.25, 0.3) is 11.5 Å². The lowest BCUT2D eigenvalue weighted by Crippen LogP contribution is -2.40. The van der Waals surface area contributed by atoms with E-state index in [9.17, 15) is 9.59 Å². The van der Waals surface area contributed by atoms with E-state index >= 15 is 0 Å². The van der Waals surface area contributed by atoms with Gasteiger partial charge in [-0.05, 0) is 44.2 Å². The van der Waals surface area contributed by atoms with Crippen LogP contribution in [0, 0.1) is 6.92 Å². The number of H-pyrrole nitrogens is 1. The average Bonchev–Trinajstić information content (AvgIpc) is 3.37. The van der Waals surface area contributed by atoms with Gasteiger partial charge in [0, 0.05) is 43.0 Å². The summed E-state index contributed by atoms with van der Waals surface area (Å²) in [4.78, 5) is 36.7. The summed E-state index contributed by atoms with van der Waals surface area (Å²) in [5.74, 6) is 0.844. The average molecular weight is 466 g/mol. The van der Waals surface area contributed by atoms with Crippen LogP contribution in [0.1, 0.15) is 53.3 Å². The van der Waals surface area contributed by atoms with Crippen molar-refractivity contribution in [2.24, 2.45) is 0 Å². The second kappa shape index (κ2) is 9.61. The second-order valence-corrected chi connectivity index (χ2v) is 9.69. The molecule has 9 heteroatoms. The molecule has 0 radical (unpaired) electrons. The normalized spacial score (nSPS) is 20.9. The van der Waals surface area contributed by atoms with Crippen LogP contribution in [0.4, 0.5) is 0 Å². The molecule has 2 aliphatic heterocycles. The Morgan fingerprint density at radius 2 is 2.09 bits per heavy atom. The van der Waals surface area contributed by atoms with E-state index in [4.69, 9.17) is 9.72 Å². The Morgan fingerprint density at radius 1 is 1.24 bits per heavy atom. The summed E-state index contributed by atoms with van der Waals surface area (Å²) in [6, 6.07) is 7.10. The molecule has 2 saturated heterocycles. The fourth-order valence-corrected chi connectivity index (χ4v) is 5.56. The van der Waals surface area contributed by atoms with Crippen molar-refractivity contribution in [1.29, 1.82) is 0 Å². The zero-order valence-electron chi connectivity index (χ0n) is 18.6. The van der Waals surface area contributed by atoms with E-state index in [1.54, 1.807) is 30.0 Å². The number of likely N-dealkylation sites (tertiary alicyclic amines) is 1. The summed E-state index contributed by atoms with van der Waals surface area (Å²) in [6.07, 6.45) is 6.25. The molecule has 0 bridgehead atoms. The van der Waals surface area contributed by atoms with Crippen LogP contribution in [0.2, 0.25) is 0 Å². The Balaban J connectivity index is 1.35. The number of carbonyl (C=O) groups excluding carboxylic acids is 1. The third kappa shape index (κ3) is 4.65. The van der Waals surface area contributed by atoms with Gasteiger partial charge in [-0.1, -0.05) is 30.0 Å². The number of aryl methyl sites for hydroxylation is 1. The Bertz CT molecular complexity index is 1220. The zero-order chi connectivity index (χ0) is 22.8. The molecule has 1 amide bonds. The summed E-state index contributed by atoms with van der Waals surface area (Å²) >= 11 is 1.64. The topological polar surface area (TPSA) is 101 Å². The van der Waals surface area contributed by atoms with Crippen LogP contribution >= 0.6 is 11.8 Å². The lowest BCUT2D eigenvalue weighted by molar-refractivity contribution is 0.0700. The highest BCUT2D eigenvalue weighted by Gasteiger charge is 2.29. The molecule has 33 heavy (non-hydrogen) atoms. The summed E-state index contributed by atoms with van der Waals surface area (Å²) < 4.78 is 5.72. The van der Waals surface area contributed by atoms with Crippen molar-refractivity contribution < 1.29 is 9.53 Å². The van der Waals surface area contributed by atoms with Crippen molar-refractivity contribution in [3.8, 4) is 0 Å². The number of piperidine rings is 1. The highest BCUT2D eigenvalue weighted by Crippen LogP contribution is 2.30. The summed E-state index contributed by atoms with van der Waals surface area (Å²) in [7, 11) is 0. The third-order valence-corrected chi connectivity index (χ3v) is 7.40. The van der Waals surface area contributed by atoms with E-state index < -0.39 is 0 Å². The lowest BCUT2D eigenvalue weighted by Gasteiger charge is -2.33. The summed E-state index contributed by atoms with van der Waals surface area (Å²) in [5.41, 5.74) is 2.06. The summed E-state index contributed by atoms with van der Waals surface area (Å²) in [6.45, 7) is 4.11. The van der Waals surface area contributed by atoms with Gasteiger partial charge in [-0.3, -0.25) is 9.59 Å². The van der Waals surface area contributed by atoms with Gasteiger partial charge in [-0.25, -0.2) is 15.1 Å². The van der Waals surface area contributed by atoms with Crippen LogP contribution in [0.25, 0.3) is 10.8 Å². The second-order valence-electron chi connectivity index (χ2n) is 8.70. The highest BCUT2D eigenvalue weighted by molar-refractivity contribution is 7.99.